The van der Waals surface area contributed by atoms with Crippen molar-refractivity contribution in [1.29, 1.82) is 0 Å². The van der Waals surface area contributed by atoms with Gasteiger partial charge in [0.2, 0.25) is 0 Å². The van der Waals surface area contributed by atoms with Gasteiger partial charge in [-0.2, -0.15) is 0 Å². The second kappa shape index (κ2) is 3.38. The summed E-state index contributed by atoms with van der Waals surface area (Å²) in [5.41, 5.74) is 0. The minimum atomic E-state index is -0.983. The number of rotatable bonds is 0. The molecule has 6 nitrogen and oxygen atoms in total. The van der Waals surface area contributed by atoms with Gasteiger partial charge in [-0.25, -0.2) is 0 Å². The summed E-state index contributed by atoms with van der Waals surface area (Å²) in [7, 11) is 0. The van der Waals surface area contributed by atoms with Crippen molar-refractivity contribution >= 4 is 0 Å². The van der Waals surface area contributed by atoms with Crippen LogP contribution in [-0.4, -0.2) is 47.1 Å². The van der Waals surface area contributed by atoms with E-state index in [1.807, 2.05) is 0 Å². The molecule has 3 aliphatic rings. The van der Waals surface area contributed by atoms with Gasteiger partial charge in [-0.05, 0) is 13.8 Å². The van der Waals surface area contributed by atoms with Crippen molar-refractivity contribution in [1.82, 2.24) is 0 Å². The molecule has 3 heterocycles. The highest BCUT2D eigenvalue weighted by Gasteiger charge is 2.59. The molecule has 3 rings (SSSR count). The molecule has 0 aromatic carbocycles. The van der Waals surface area contributed by atoms with Crippen molar-refractivity contribution in [3.63, 3.8) is 0 Å². The number of ether oxygens (including phenoxy) is 4. The number of aliphatic hydroxyl groups is 2. The molecule has 0 spiro atoms. The standard InChI is InChI=1S/C10H16O6/c1-10(2)15-7-6-4(11)3-5(12)13-8(6)14-9(7)16-10/h4-9,11-12H,3H2,1-2H3/t4-,5+,6-,7+,8-,9+/m1/s1. The second-order valence-corrected chi connectivity index (χ2v) is 4.94. The normalized spacial score (nSPS) is 54.8. The van der Waals surface area contributed by atoms with Gasteiger partial charge in [0, 0.05) is 6.42 Å². The number of hydrogen-bond donors (Lipinski definition) is 2. The van der Waals surface area contributed by atoms with E-state index in [4.69, 9.17) is 18.9 Å². The fourth-order valence-corrected chi connectivity index (χ4v) is 2.60. The monoisotopic (exact) mass is 232 g/mol. The van der Waals surface area contributed by atoms with Gasteiger partial charge in [0.1, 0.15) is 6.10 Å². The first-order valence-corrected chi connectivity index (χ1v) is 5.49. The zero-order valence-corrected chi connectivity index (χ0v) is 9.20. The Morgan fingerprint density at radius 1 is 1.06 bits per heavy atom. The summed E-state index contributed by atoms with van der Waals surface area (Å²) in [6.07, 6.45) is -3.00. The van der Waals surface area contributed by atoms with Crippen LogP contribution in [-0.2, 0) is 18.9 Å². The van der Waals surface area contributed by atoms with Gasteiger partial charge in [0.25, 0.3) is 0 Å². The first-order valence-electron chi connectivity index (χ1n) is 5.49. The lowest BCUT2D eigenvalue weighted by Gasteiger charge is -2.35. The van der Waals surface area contributed by atoms with Crippen LogP contribution in [0.15, 0.2) is 0 Å². The van der Waals surface area contributed by atoms with Gasteiger partial charge < -0.3 is 29.2 Å². The molecule has 2 N–H and O–H groups in total. The molecule has 92 valence electrons. The fraction of sp³-hybridized carbons (Fsp3) is 1.00. The van der Waals surface area contributed by atoms with Gasteiger partial charge in [-0.3, -0.25) is 0 Å². The third kappa shape index (κ3) is 1.57. The van der Waals surface area contributed by atoms with E-state index < -0.39 is 30.8 Å². The van der Waals surface area contributed by atoms with Gasteiger partial charge in [0.15, 0.2) is 24.7 Å². The summed E-state index contributed by atoms with van der Waals surface area (Å²) in [5, 5.41) is 19.3. The van der Waals surface area contributed by atoms with Crippen molar-refractivity contribution in [2.45, 2.75) is 57.1 Å². The molecule has 0 aromatic heterocycles. The van der Waals surface area contributed by atoms with E-state index in [-0.39, 0.29) is 18.4 Å². The predicted molar refractivity (Wildman–Crippen MR) is 49.9 cm³/mol. The topological polar surface area (TPSA) is 77.4 Å². The molecular formula is C10H16O6. The molecule has 0 radical (unpaired) electrons. The molecule has 0 amide bonds. The Morgan fingerprint density at radius 3 is 2.56 bits per heavy atom. The average molecular weight is 232 g/mol. The Balaban J connectivity index is 1.80. The maximum atomic E-state index is 9.91. The van der Waals surface area contributed by atoms with Crippen molar-refractivity contribution in [3.8, 4) is 0 Å². The minimum Gasteiger partial charge on any atom is -0.392 e. The van der Waals surface area contributed by atoms with Crippen LogP contribution in [0.25, 0.3) is 0 Å². The molecule has 0 aliphatic carbocycles. The van der Waals surface area contributed by atoms with Crippen LogP contribution in [0.2, 0.25) is 0 Å². The number of hydrogen-bond acceptors (Lipinski definition) is 6. The lowest BCUT2D eigenvalue weighted by atomic mass is 9.92. The summed E-state index contributed by atoms with van der Waals surface area (Å²) in [6.45, 7) is 3.60. The molecule has 16 heavy (non-hydrogen) atoms. The molecule has 0 bridgehead atoms. The summed E-state index contributed by atoms with van der Waals surface area (Å²) < 4.78 is 21.9. The van der Waals surface area contributed by atoms with Gasteiger partial charge in [-0.15, -0.1) is 0 Å². The SMILES string of the molecule is CC1(C)O[C@@H]2O[C@H]3O[C@H](O)C[C@@H](O)[C@@H]3[C@@H]2O1. The van der Waals surface area contributed by atoms with E-state index in [0.29, 0.717) is 0 Å². The second-order valence-electron chi connectivity index (χ2n) is 4.94. The minimum absolute atomic E-state index is 0.178. The predicted octanol–water partition coefficient (Wildman–Crippen LogP) is -0.464. The van der Waals surface area contributed by atoms with E-state index in [1.54, 1.807) is 13.8 Å². The Morgan fingerprint density at radius 2 is 1.81 bits per heavy atom. The third-order valence-corrected chi connectivity index (χ3v) is 3.23. The van der Waals surface area contributed by atoms with E-state index in [9.17, 15) is 10.2 Å². The highest BCUT2D eigenvalue weighted by molar-refractivity contribution is 4.95. The summed E-state index contributed by atoms with van der Waals surface area (Å²) in [5.74, 6) is -0.994. The molecule has 6 atom stereocenters. The zero-order valence-electron chi connectivity index (χ0n) is 9.20. The van der Waals surface area contributed by atoms with Crippen LogP contribution >= 0.6 is 0 Å². The molecule has 3 saturated heterocycles. The quantitative estimate of drug-likeness (QED) is 0.588. The lowest BCUT2D eigenvalue weighted by Crippen LogP contribution is -2.46. The molecular weight excluding hydrogens is 216 g/mol. The highest BCUT2D eigenvalue weighted by atomic mass is 16.9. The van der Waals surface area contributed by atoms with E-state index in [2.05, 4.69) is 0 Å². The van der Waals surface area contributed by atoms with E-state index in [0.717, 1.165) is 0 Å². The summed E-state index contributed by atoms with van der Waals surface area (Å²) in [6, 6.07) is 0. The van der Waals surface area contributed by atoms with Crippen LogP contribution in [0, 0.1) is 5.92 Å². The van der Waals surface area contributed by atoms with E-state index in [1.165, 1.54) is 0 Å². The van der Waals surface area contributed by atoms with Crippen LogP contribution in [0.5, 0.6) is 0 Å². The zero-order chi connectivity index (χ0) is 11.5. The smallest absolute Gasteiger partial charge is 0.190 e. The van der Waals surface area contributed by atoms with Gasteiger partial charge in [-0.1, -0.05) is 0 Å². The molecule has 0 unspecified atom stereocenters. The van der Waals surface area contributed by atoms with Gasteiger partial charge in [0.05, 0.1) is 12.0 Å². The Kier molecular flexibility index (Phi) is 2.30. The molecule has 3 fully saturated rings. The maximum Gasteiger partial charge on any atom is 0.190 e. The highest BCUT2D eigenvalue weighted by Crippen LogP contribution is 2.45. The maximum absolute atomic E-state index is 9.91. The van der Waals surface area contributed by atoms with Crippen molar-refractivity contribution in [3.05, 3.63) is 0 Å². The fourth-order valence-electron chi connectivity index (χ4n) is 2.60. The average Bonchev–Trinajstić information content (AvgIpc) is 2.54. The van der Waals surface area contributed by atoms with Crippen LogP contribution in [0.3, 0.4) is 0 Å². The van der Waals surface area contributed by atoms with Crippen molar-refractivity contribution in [2.24, 2.45) is 5.92 Å². The summed E-state index contributed by atoms with van der Waals surface area (Å²) in [4.78, 5) is 0. The third-order valence-electron chi connectivity index (χ3n) is 3.23. The van der Waals surface area contributed by atoms with Crippen LogP contribution < -0.4 is 0 Å². The van der Waals surface area contributed by atoms with Gasteiger partial charge >= 0.3 is 0 Å². The van der Waals surface area contributed by atoms with Crippen LogP contribution in [0.4, 0.5) is 0 Å². The first-order chi connectivity index (χ1) is 7.46. The molecule has 6 heteroatoms. The Hall–Kier alpha value is -0.240. The summed E-state index contributed by atoms with van der Waals surface area (Å²) >= 11 is 0. The number of fused-ring (bicyclic) bond motifs is 3. The first kappa shape index (κ1) is 10.9. The lowest BCUT2D eigenvalue weighted by molar-refractivity contribution is -0.314. The van der Waals surface area contributed by atoms with Crippen LogP contribution in [0.1, 0.15) is 20.3 Å². The van der Waals surface area contributed by atoms with E-state index >= 15 is 0 Å². The molecule has 0 aromatic rings. The number of aliphatic hydroxyl groups excluding tert-OH is 2. The molecule has 0 saturated carbocycles. The largest absolute Gasteiger partial charge is 0.392 e. The van der Waals surface area contributed by atoms with Crippen molar-refractivity contribution in [2.75, 3.05) is 0 Å². The Labute approximate surface area is 93.0 Å². The Bertz CT molecular complexity index is 293. The van der Waals surface area contributed by atoms with Crippen molar-refractivity contribution < 1.29 is 29.2 Å². The molecule has 3 aliphatic heterocycles.